The van der Waals surface area contributed by atoms with E-state index in [-0.39, 0.29) is 31.0 Å². The molecule has 0 spiro atoms. The molecule has 6 heteroatoms. The molecule has 0 aliphatic heterocycles. The smallest absolute Gasteiger partial charge is 1.00 e. The number of benzene rings is 1. The van der Waals surface area contributed by atoms with Crippen LogP contribution in [0.5, 0.6) is 0 Å². The molecular weight excluding hydrogens is 217 g/mol. The fraction of sp³-hybridized carbons (Fsp3) is 0. The molecule has 0 bridgehead atoms. The minimum Gasteiger partial charge on any atom is -1.00 e. The fourth-order valence-electron chi connectivity index (χ4n) is 0.944. The molecule has 0 saturated heterocycles. The van der Waals surface area contributed by atoms with Crippen molar-refractivity contribution < 1.29 is 39.7 Å². The maximum atomic E-state index is 10.7. The van der Waals surface area contributed by atoms with Crippen LogP contribution in [-0.2, 0) is 11.1 Å². The van der Waals surface area contributed by atoms with Gasteiger partial charge in [0.1, 0.15) is 0 Å². The third-order valence-electron chi connectivity index (χ3n) is 1.50. The standard InChI is InChI=1S/C7H5NO2S2.Na.H/c9-12(10)5-1-2-6-7(3-5)11-4-8-6;;/h1-4H,(H,9,10);;/q;+1;-1. The Kier molecular flexibility index (Phi) is 4.03. The van der Waals surface area contributed by atoms with Crippen molar-refractivity contribution in [1.29, 1.82) is 0 Å². The van der Waals surface area contributed by atoms with Crippen molar-refractivity contribution in [3.63, 3.8) is 0 Å². The van der Waals surface area contributed by atoms with E-state index in [1.54, 1.807) is 23.7 Å². The Morgan fingerprint density at radius 2 is 2.31 bits per heavy atom. The average molecular weight is 223 g/mol. The number of hydrogen-bond donors (Lipinski definition) is 1. The molecule has 3 nitrogen and oxygen atoms in total. The normalized spacial score (nSPS) is 12.4. The van der Waals surface area contributed by atoms with Gasteiger partial charge in [-0.05, 0) is 18.2 Å². The van der Waals surface area contributed by atoms with Crippen LogP contribution in [0.4, 0.5) is 0 Å². The molecule has 0 aliphatic rings. The van der Waals surface area contributed by atoms with Gasteiger partial charge in [-0.1, -0.05) is 0 Å². The molecule has 1 N–H and O–H groups in total. The van der Waals surface area contributed by atoms with Crippen LogP contribution in [0.2, 0.25) is 0 Å². The summed E-state index contributed by atoms with van der Waals surface area (Å²) in [6, 6.07) is 5.04. The van der Waals surface area contributed by atoms with Crippen LogP contribution < -0.4 is 29.6 Å². The minimum atomic E-state index is -1.89. The van der Waals surface area contributed by atoms with E-state index in [0.717, 1.165) is 10.2 Å². The van der Waals surface area contributed by atoms with E-state index < -0.39 is 11.1 Å². The summed E-state index contributed by atoms with van der Waals surface area (Å²) in [6.07, 6.45) is 0. The van der Waals surface area contributed by atoms with E-state index in [1.807, 2.05) is 0 Å². The van der Waals surface area contributed by atoms with Crippen molar-refractivity contribution >= 4 is 32.6 Å². The Morgan fingerprint density at radius 1 is 1.54 bits per heavy atom. The average Bonchev–Trinajstić information content (AvgIpc) is 2.49. The third-order valence-corrected chi connectivity index (χ3v) is 2.95. The van der Waals surface area contributed by atoms with Gasteiger partial charge in [0.25, 0.3) is 0 Å². The zero-order valence-electron chi connectivity index (χ0n) is 7.93. The van der Waals surface area contributed by atoms with Gasteiger partial charge in [-0.3, -0.25) is 0 Å². The van der Waals surface area contributed by atoms with Gasteiger partial charge in [0.15, 0.2) is 11.1 Å². The summed E-state index contributed by atoms with van der Waals surface area (Å²) in [7, 11) is 0. The second-order valence-corrected chi connectivity index (χ2v) is 4.09. The molecule has 0 radical (unpaired) electrons. The van der Waals surface area contributed by atoms with Crippen LogP contribution in [-0.4, -0.2) is 13.7 Å². The van der Waals surface area contributed by atoms with E-state index >= 15 is 0 Å². The maximum absolute atomic E-state index is 10.7. The number of rotatable bonds is 1. The molecule has 13 heavy (non-hydrogen) atoms. The van der Waals surface area contributed by atoms with Gasteiger partial charge in [-0.25, -0.2) is 9.19 Å². The maximum Gasteiger partial charge on any atom is 1.00 e. The first-order valence-corrected chi connectivity index (χ1v) is 5.20. The molecule has 0 amide bonds. The molecular formula is C7H6NNaO2S2. The van der Waals surface area contributed by atoms with Crippen LogP contribution in [0.3, 0.4) is 0 Å². The summed E-state index contributed by atoms with van der Waals surface area (Å²) >= 11 is -0.428. The zero-order chi connectivity index (χ0) is 8.55. The number of fused-ring (bicyclic) bond motifs is 1. The first-order valence-electron chi connectivity index (χ1n) is 3.21. The van der Waals surface area contributed by atoms with Crippen molar-refractivity contribution in [2.75, 3.05) is 0 Å². The predicted molar refractivity (Wildman–Crippen MR) is 49.8 cm³/mol. The summed E-state index contributed by atoms with van der Waals surface area (Å²) in [5, 5.41) is 0. The van der Waals surface area contributed by atoms with Gasteiger partial charge in [0.2, 0.25) is 0 Å². The molecule has 0 saturated carbocycles. The quantitative estimate of drug-likeness (QED) is 0.498. The third kappa shape index (κ3) is 2.37. The molecule has 0 aliphatic carbocycles. The Balaban J connectivity index is 0.000000845. The first-order chi connectivity index (χ1) is 5.77. The van der Waals surface area contributed by atoms with Crippen molar-refractivity contribution in [1.82, 2.24) is 4.98 Å². The molecule has 1 aromatic heterocycles. The second kappa shape index (κ2) is 4.63. The van der Waals surface area contributed by atoms with E-state index in [0.29, 0.717) is 4.90 Å². The van der Waals surface area contributed by atoms with E-state index in [2.05, 4.69) is 4.98 Å². The number of hydrogen-bond acceptors (Lipinski definition) is 3. The molecule has 0 fully saturated rings. The summed E-state index contributed by atoms with van der Waals surface area (Å²) in [5.74, 6) is 0. The van der Waals surface area contributed by atoms with Crippen LogP contribution >= 0.6 is 11.3 Å². The fourth-order valence-corrected chi connectivity index (χ4v) is 2.14. The topological polar surface area (TPSA) is 50.2 Å². The monoisotopic (exact) mass is 223 g/mol. The summed E-state index contributed by atoms with van der Waals surface area (Å²) in [6.45, 7) is 0. The summed E-state index contributed by atoms with van der Waals surface area (Å²) < 4.78 is 20.4. The number of aromatic nitrogens is 1. The van der Waals surface area contributed by atoms with Crippen molar-refractivity contribution in [2.24, 2.45) is 0 Å². The van der Waals surface area contributed by atoms with Crippen LogP contribution in [0.1, 0.15) is 1.43 Å². The Morgan fingerprint density at radius 3 is 3.00 bits per heavy atom. The largest absolute Gasteiger partial charge is 1.00 e. The Labute approximate surface area is 105 Å². The second-order valence-electron chi connectivity index (χ2n) is 2.23. The molecule has 2 rings (SSSR count). The van der Waals surface area contributed by atoms with Crippen LogP contribution in [0, 0.1) is 0 Å². The van der Waals surface area contributed by atoms with Crippen LogP contribution in [0.25, 0.3) is 10.2 Å². The summed E-state index contributed by atoms with van der Waals surface area (Å²) in [5.41, 5.74) is 2.59. The Bertz CT molecular complexity index is 448. The van der Waals surface area contributed by atoms with Gasteiger partial charge >= 0.3 is 29.6 Å². The Hall–Kier alpha value is 0.220. The van der Waals surface area contributed by atoms with Gasteiger partial charge in [0, 0.05) is 0 Å². The number of thiazole rings is 1. The summed E-state index contributed by atoms with van der Waals surface area (Å²) in [4.78, 5) is 4.48. The van der Waals surface area contributed by atoms with E-state index in [1.165, 1.54) is 11.3 Å². The number of nitrogens with zero attached hydrogens (tertiary/aromatic N) is 1. The molecule has 1 heterocycles. The SMILES string of the molecule is O=S(O)c1ccc2ncsc2c1.[H-].[Na+]. The van der Waals surface area contributed by atoms with Gasteiger partial charge < -0.3 is 5.98 Å². The molecule has 1 unspecified atom stereocenters. The van der Waals surface area contributed by atoms with E-state index in [9.17, 15) is 4.21 Å². The minimum absolute atomic E-state index is 0. The van der Waals surface area contributed by atoms with Crippen molar-refractivity contribution in [3.8, 4) is 0 Å². The zero-order valence-corrected chi connectivity index (χ0v) is 10.6. The van der Waals surface area contributed by atoms with Crippen molar-refractivity contribution in [3.05, 3.63) is 23.7 Å². The van der Waals surface area contributed by atoms with Crippen molar-refractivity contribution in [2.45, 2.75) is 4.90 Å². The predicted octanol–water partition coefficient (Wildman–Crippen LogP) is -1.01. The molecule has 1 aromatic carbocycles. The molecule has 1 atom stereocenters. The van der Waals surface area contributed by atoms with Crippen LogP contribution in [0.15, 0.2) is 28.6 Å². The van der Waals surface area contributed by atoms with E-state index in [4.69, 9.17) is 4.55 Å². The molecule has 2 aromatic rings. The van der Waals surface area contributed by atoms with Gasteiger partial charge in [-0.15, -0.1) is 11.3 Å². The molecule has 64 valence electrons. The van der Waals surface area contributed by atoms with Gasteiger partial charge in [-0.2, -0.15) is 0 Å². The first kappa shape index (κ1) is 11.3. The van der Waals surface area contributed by atoms with Gasteiger partial charge in [0.05, 0.1) is 20.6 Å².